The van der Waals surface area contributed by atoms with Gasteiger partial charge in [0.2, 0.25) is 0 Å². The van der Waals surface area contributed by atoms with Gasteiger partial charge in [-0.1, -0.05) is 6.07 Å². The number of ether oxygens (including phenoxy) is 1. The molecule has 3 aromatic rings. The van der Waals surface area contributed by atoms with Crippen LogP contribution in [0.4, 0.5) is 5.69 Å². The molecule has 0 unspecified atom stereocenters. The van der Waals surface area contributed by atoms with Crippen LogP contribution in [0.1, 0.15) is 48.9 Å². The standard InChI is InChI=1S/C24H23N3O5/c1-14-3-6-20(32-14)23(29)27-8-7-19-17(11-27)10-26(2)24(30)21(19)22(28)25-18-5-4-15-12-31-13-16(15)9-18/h3-6,9-10H,7-8,11-13H2,1-2H3,(H,25,28). The minimum absolute atomic E-state index is 0.127. The molecule has 32 heavy (non-hydrogen) atoms. The van der Waals surface area contributed by atoms with Crippen molar-refractivity contribution in [3.63, 3.8) is 0 Å². The number of aromatic nitrogens is 1. The van der Waals surface area contributed by atoms with E-state index in [0.29, 0.717) is 49.7 Å². The van der Waals surface area contributed by atoms with Crippen molar-refractivity contribution in [2.24, 2.45) is 7.05 Å². The number of hydrogen-bond donors (Lipinski definition) is 1. The molecule has 1 aromatic carbocycles. The highest BCUT2D eigenvalue weighted by Gasteiger charge is 2.29. The first-order chi connectivity index (χ1) is 15.4. The van der Waals surface area contributed by atoms with Gasteiger partial charge < -0.3 is 23.9 Å². The van der Waals surface area contributed by atoms with E-state index in [9.17, 15) is 14.4 Å². The molecule has 8 nitrogen and oxygen atoms in total. The highest BCUT2D eigenvalue weighted by Crippen LogP contribution is 2.25. The smallest absolute Gasteiger partial charge is 0.289 e. The predicted molar refractivity (Wildman–Crippen MR) is 116 cm³/mol. The maximum atomic E-state index is 13.1. The fraction of sp³-hybridized carbons (Fsp3) is 0.292. The van der Waals surface area contributed by atoms with E-state index in [0.717, 1.165) is 16.7 Å². The van der Waals surface area contributed by atoms with Crippen LogP contribution in [0.15, 0.2) is 45.7 Å². The largest absolute Gasteiger partial charge is 0.456 e. The molecule has 5 rings (SSSR count). The van der Waals surface area contributed by atoms with Gasteiger partial charge in [0.05, 0.1) is 13.2 Å². The Kier molecular flexibility index (Phi) is 4.94. The number of carbonyl (C=O) groups is 2. The maximum absolute atomic E-state index is 13.1. The topological polar surface area (TPSA) is 93.8 Å². The molecular weight excluding hydrogens is 410 g/mol. The summed E-state index contributed by atoms with van der Waals surface area (Å²) in [7, 11) is 1.61. The summed E-state index contributed by atoms with van der Waals surface area (Å²) in [5.41, 5.74) is 4.01. The summed E-state index contributed by atoms with van der Waals surface area (Å²) >= 11 is 0. The number of nitrogens with one attached hydrogen (secondary N) is 1. The lowest BCUT2D eigenvalue weighted by Gasteiger charge is -2.29. The zero-order chi connectivity index (χ0) is 22.4. The van der Waals surface area contributed by atoms with Crippen LogP contribution in [0.2, 0.25) is 0 Å². The minimum atomic E-state index is -0.442. The third kappa shape index (κ3) is 3.52. The van der Waals surface area contributed by atoms with E-state index in [1.807, 2.05) is 18.2 Å². The monoisotopic (exact) mass is 433 g/mol. The molecule has 8 heteroatoms. The van der Waals surface area contributed by atoms with Crippen LogP contribution in [0.25, 0.3) is 0 Å². The molecule has 2 aromatic heterocycles. The van der Waals surface area contributed by atoms with E-state index >= 15 is 0 Å². The van der Waals surface area contributed by atoms with Crippen LogP contribution in [0.3, 0.4) is 0 Å². The Bertz CT molecular complexity index is 1300. The van der Waals surface area contributed by atoms with Crippen LogP contribution in [-0.4, -0.2) is 27.8 Å². The molecule has 0 radical (unpaired) electrons. The first kappa shape index (κ1) is 20.3. The van der Waals surface area contributed by atoms with Crippen LogP contribution < -0.4 is 10.9 Å². The van der Waals surface area contributed by atoms with Crippen LogP contribution in [-0.2, 0) is 38.0 Å². The van der Waals surface area contributed by atoms with Gasteiger partial charge in [-0.3, -0.25) is 14.4 Å². The summed E-state index contributed by atoms with van der Waals surface area (Å²) in [6.07, 6.45) is 2.12. The fourth-order valence-corrected chi connectivity index (χ4v) is 4.35. The van der Waals surface area contributed by atoms with E-state index in [4.69, 9.17) is 9.15 Å². The summed E-state index contributed by atoms with van der Waals surface area (Å²) in [6.45, 7) is 3.58. The van der Waals surface area contributed by atoms with Crippen molar-refractivity contribution < 1.29 is 18.7 Å². The third-order valence-electron chi connectivity index (χ3n) is 6.01. The van der Waals surface area contributed by atoms with E-state index in [2.05, 4.69) is 5.32 Å². The summed E-state index contributed by atoms with van der Waals surface area (Å²) in [5, 5.41) is 2.87. The van der Waals surface area contributed by atoms with Gasteiger partial charge in [-0.05, 0) is 59.9 Å². The summed E-state index contributed by atoms with van der Waals surface area (Å²) in [5.74, 6) is 0.311. The van der Waals surface area contributed by atoms with Crippen LogP contribution in [0, 0.1) is 6.92 Å². The highest BCUT2D eigenvalue weighted by atomic mass is 16.5. The number of aryl methyl sites for hydroxylation is 2. The Morgan fingerprint density at radius 2 is 1.88 bits per heavy atom. The highest BCUT2D eigenvalue weighted by molar-refractivity contribution is 6.05. The zero-order valence-electron chi connectivity index (χ0n) is 17.9. The molecule has 2 aliphatic rings. The van der Waals surface area contributed by atoms with Crippen molar-refractivity contribution in [3.05, 3.63) is 86.2 Å². The van der Waals surface area contributed by atoms with Gasteiger partial charge in [-0.25, -0.2) is 0 Å². The second-order valence-corrected chi connectivity index (χ2v) is 8.24. The minimum Gasteiger partial charge on any atom is -0.456 e. The number of hydrogen-bond acceptors (Lipinski definition) is 5. The second-order valence-electron chi connectivity index (χ2n) is 8.24. The normalized spacial score (nSPS) is 14.8. The molecule has 0 saturated heterocycles. The van der Waals surface area contributed by atoms with Gasteiger partial charge in [0, 0.05) is 32.0 Å². The Balaban J connectivity index is 1.43. The number of anilines is 1. The van der Waals surface area contributed by atoms with Gasteiger partial charge in [0.15, 0.2) is 5.76 Å². The second kappa shape index (κ2) is 7.80. The molecule has 2 aliphatic heterocycles. The van der Waals surface area contributed by atoms with Crippen LogP contribution >= 0.6 is 0 Å². The van der Waals surface area contributed by atoms with Crippen molar-refractivity contribution >= 4 is 17.5 Å². The number of carbonyl (C=O) groups excluding carboxylic acids is 2. The van der Waals surface area contributed by atoms with Crippen molar-refractivity contribution in [2.75, 3.05) is 11.9 Å². The molecule has 0 bridgehead atoms. The SMILES string of the molecule is Cc1ccc(C(=O)N2CCc3c(cn(C)c(=O)c3C(=O)Nc3ccc4c(c3)COC4)C2)o1. The summed E-state index contributed by atoms with van der Waals surface area (Å²) in [6, 6.07) is 9.04. The van der Waals surface area contributed by atoms with Gasteiger partial charge in [-0.2, -0.15) is 0 Å². The Morgan fingerprint density at radius 3 is 2.66 bits per heavy atom. The number of benzene rings is 1. The van der Waals surface area contributed by atoms with Crippen molar-refractivity contribution in [2.45, 2.75) is 33.1 Å². The molecule has 2 amide bonds. The lowest BCUT2D eigenvalue weighted by Crippen LogP contribution is -2.40. The number of amides is 2. The van der Waals surface area contributed by atoms with E-state index in [1.165, 1.54) is 4.57 Å². The molecular formula is C24H23N3O5. The quantitative estimate of drug-likeness (QED) is 0.686. The fourth-order valence-electron chi connectivity index (χ4n) is 4.35. The van der Waals surface area contributed by atoms with E-state index in [1.54, 1.807) is 37.2 Å². The van der Waals surface area contributed by atoms with Crippen molar-refractivity contribution in [3.8, 4) is 0 Å². The lowest BCUT2D eigenvalue weighted by molar-refractivity contribution is 0.0700. The Hall–Kier alpha value is -3.65. The Labute approximate surface area is 184 Å². The molecule has 0 fully saturated rings. The first-order valence-electron chi connectivity index (χ1n) is 10.5. The van der Waals surface area contributed by atoms with E-state index in [-0.39, 0.29) is 22.8 Å². The maximum Gasteiger partial charge on any atom is 0.289 e. The van der Waals surface area contributed by atoms with Gasteiger partial charge in [0.25, 0.3) is 17.4 Å². The van der Waals surface area contributed by atoms with Gasteiger partial charge in [-0.15, -0.1) is 0 Å². The molecule has 0 saturated carbocycles. The average molecular weight is 433 g/mol. The molecule has 4 heterocycles. The summed E-state index contributed by atoms with van der Waals surface area (Å²) < 4.78 is 12.3. The molecule has 0 aliphatic carbocycles. The lowest BCUT2D eigenvalue weighted by atomic mass is 9.95. The average Bonchev–Trinajstić information content (AvgIpc) is 3.42. The number of furan rings is 1. The summed E-state index contributed by atoms with van der Waals surface area (Å²) in [4.78, 5) is 40.5. The molecule has 164 valence electrons. The molecule has 1 N–H and O–H groups in total. The number of pyridine rings is 1. The Morgan fingerprint density at radius 1 is 1.06 bits per heavy atom. The number of nitrogens with zero attached hydrogens (tertiary/aromatic N) is 2. The van der Waals surface area contributed by atoms with Gasteiger partial charge in [0.1, 0.15) is 11.3 Å². The first-order valence-corrected chi connectivity index (χ1v) is 10.5. The molecule has 0 atom stereocenters. The van der Waals surface area contributed by atoms with E-state index < -0.39 is 5.91 Å². The third-order valence-corrected chi connectivity index (χ3v) is 6.01. The number of fused-ring (bicyclic) bond motifs is 2. The van der Waals surface area contributed by atoms with Crippen molar-refractivity contribution in [1.82, 2.24) is 9.47 Å². The number of rotatable bonds is 3. The zero-order valence-corrected chi connectivity index (χ0v) is 17.9. The van der Waals surface area contributed by atoms with Gasteiger partial charge >= 0.3 is 0 Å². The van der Waals surface area contributed by atoms with Crippen molar-refractivity contribution in [1.29, 1.82) is 0 Å². The van der Waals surface area contributed by atoms with Crippen LogP contribution in [0.5, 0.6) is 0 Å². The predicted octanol–water partition coefficient (Wildman–Crippen LogP) is 2.77. The molecule has 0 spiro atoms.